The molecule has 2 aromatic carbocycles. The third-order valence-corrected chi connectivity index (χ3v) is 2.62. The third-order valence-electron chi connectivity index (χ3n) is 2.62. The van der Waals surface area contributed by atoms with Gasteiger partial charge in [0, 0.05) is 18.1 Å². The van der Waals surface area contributed by atoms with Crippen LogP contribution in [0, 0.1) is 5.82 Å². The number of carbonyl (C=O) groups is 1. The number of aromatic hydroxyl groups is 1. The van der Waals surface area contributed by atoms with Gasteiger partial charge < -0.3 is 9.84 Å². The van der Waals surface area contributed by atoms with Gasteiger partial charge >= 0.3 is 5.97 Å². The molecule has 0 saturated heterocycles. The maximum Gasteiger partial charge on any atom is 0.310 e. The topological polar surface area (TPSA) is 46.5 Å². The minimum atomic E-state index is -0.507. The van der Waals surface area contributed by atoms with Crippen LogP contribution in [0.15, 0.2) is 42.5 Å². The van der Waals surface area contributed by atoms with Gasteiger partial charge in [-0.2, -0.15) is 0 Å². The minimum Gasteiger partial charge on any atom is -0.508 e. The fourth-order valence-corrected chi connectivity index (χ4v) is 1.67. The molecule has 0 aliphatic carbocycles. The van der Waals surface area contributed by atoms with Gasteiger partial charge in [-0.25, -0.2) is 4.39 Å². The number of esters is 1. The monoisotopic (exact) mass is 260 g/mol. The van der Waals surface area contributed by atoms with E-state index >= 15 is 0 Å². The van der Waals surface area contributed by atoms with Crippen LogP contribution in [0.4, 0.5) is 4.39 Å². The fourth-order valence-electron chi connectivity index (χ4n) is 1.67. The van der Waals surface area contributed by atoms with Gasteiger partial charge in [-0.3, -0.25) is 4.79 Å². The average Bonchev–Trinajstić information content (AvgIpc) is 2.38. The molecule has 0 fully saturated rings. The second-order valence-corrected chi connectivity index (χ2v) is 4.02. The van der Waals surface area contributed by atoms with E-state index in [1.54, 1.807) is 19.1 Å². The molecule has 2 rings (SSSR count). The highest BCUT2D eigenvalue weighted by Gasteiger charge is 2.09. The first kappa shape index (κ1) is 13.1. The molecule has 3 nitrogen and oxygen atoms in total. The van der Waals surface area contributed by atoms with Crippen molar-refractivity contribution in [3.63, 3.8) is 0 Å². The summed E-state index contributed by atoms with van der Waals surface area (Å²) in [5, 5.41) is 9.38. The Kier molecular flexibility index (Phi) is 3.80. The highest BCUT2D eigenvalue weighted by Crippen LogP contribution is 2.28. The van der Waals surface area contributed by atoms with Gasteiger partial charge in [0.25, 0.3) is 0 Å². The van der Waals surface area contributed by atoms with Crippen molar-refractivity contribution in [2.24, 2.45) is 0 Å². The first-order valence-electron chi connectivity index (χ1n) is 5.90. The van der Waals surface area contributed by atoms with Crippen LogP contribution in [0.25, 0.3) is 11.1 Å². The molecule has 0 saturated carbocycles. The standard InChI is InChI=1S/C15H13FO3/c1-2-15(18)19-12-6-7-13(14(16)9-12)10-4-3-5-11(17)8-10/h3-9,17H,2H2,1H3. The van der Waals surface area contributed by atoms with Crippen molar-refractivity contribution in [1.82, 2.24) is 0 Å². The maximum atomic E-state index is 13.9. The normalized spacial score (nSPS) is 10.2. The molecule has 0 spiro atoms. The average molecular weight is 260 g/mol. The van der Waals surface area contributed by atoms with Gasteiger partial charge in [-0.05, 0) is 29.8 Å². The molecule has 2 aromatic rings. The Morgan fingerprint density at radius 1 is 1.26 bits per heavy atom. The molecule has 0 unspecified atom stereocenters. The van der Waals surface area contributed by atoms with E-state index in [1.807, 2.05) is 0 Å². The van der Waals surface area contributed by atoms with E-state index in [0.29, 0.717) is 11.1 Å². The Hall–Kier alpha value is -2.36. The molecular weight excluding hydrogens is 247 g/mol. The summed E-state index contributed by atoms with van der Waals surface area (Å²) in [7, 11) is 0. The van der Waals surface area contributed by atoms with Gasteiger partial charge in [-0.1, -0.05) is 19.1 Å². The van der Waals surface area contributed by atoms with Gasteiger partial charge in [0.2, 0.25) is 0 Å². The summed E-state index contributed by atoms with van der Waals surface area (Å²) in [6.45, 7) is 1.67. The first-order chi connectivity index (χ1) is 9.10. The lowest BCUT2D eigenvalue weighted by molar-refractivity contribution is -0.134. The number of carbonyl (C=O) groups excluding carboxylic acids is 1. The fraction of sp³-hybridized carbons (Fsp3) is 0.133. The Bertz CT molecular complexity index is 608. The molecule has 19 heavy (non-hydrogen) atoms. The lowest BCUT2D eigenvalue weighted by atomic mass is 10.0. The van der Waals surface area contributed by atoms with Gasteiger partial charge in [-0.15, -0.1) is 0 Å². The van der Waals surface area contributed by atoms with Crippen molar-refractivity contribution >= 4 is 5.97 Å². The molecule has 0 amide bonds. The molecule has 1 N–H and O–H groups in total. The van der Waals surface area contributed by atoms with Crippen molar-refractivity contribution < 1.29 is 19.0 Å². The molecular formula is C15H13FO3. The Balaban J connectivity index is 2.32. The smallest absolute Gasteiger partial charge is 0.310 e. The zero-order valence-electron chi connectivity index (χ0n) is 10.4. The summed E-state index contributed by atoms with van der Waals surface area (Å²) in [5.74, 6) is -0.678. The van der Waals surface area contributed by atoms with Gasteiger partial charge in [0.15, 0.2) is 0 Å². The number of rotatable bonds is 3. The molecule has 4 heteroatoms. The van der Waals surface area contributed by atoms with Crippen LogP contribution >= 0.6 is 0 Å². The van der Waals surface area contributed by atoms with Crippen LogP contribution in [0.1, 0.15) is 13.3 Å². The van der Waals surface area contributed by atoms with Crippen LogP contribution in [-0.2, 0) is 4.79 Å². The van der Waals surface area contributed by atoms with Crippen molar-refractivity contribution in [3.8, 4) is 22.6 Å². The highest BCUT2D eigenvalue weighted by molar-refractivity contribution is 5.73. The summed E-state index contributed by atoms with van der Waals surface area (Å²) in [6, 6.07) is 10.5. The summed E-state index contributed by atoms with van der Waals surface area (Å²) < 4.78 is 18.9. The number of halogens is 1. The van der Waals surface area contributed by atoms with Gasteiger partial charge in [0.1, 0.15) is 17.3 Å². The number of phenolic OH excluding ortho intramolecular Hbond substituents is 1. The van der Waals surface area contributed by atoms with Crippen LogP contribution in [-0.4, -0.2) is 11.1 Å². The highest BCUT2D eigenvalue weighted by atomic mass is 19.1. The van der Waals surface area contributed by atoms with Crippen molar-refractivity contribution in [2.45, 2.75) is 13.3 Å². The van der Waals surface area contributed by atoms with Crippen LogP contribution in [0.5, 0.6) is 11.5 Å². The van der Waals surface area contributed by atoms with Gasteiger partial charge in [0.05, 0.1) is 0 Å². The number of hydrogen-bond acceptors (Lipinski definition) is 3. The van der Waals surface area contributed by atoms with E-state index in [9.17, 15) is 14.3 Å². The zero-order valence-corrected chi connectivity index (χ0v) is 10.4. The zero-order chi connectivity index (χ0) is 13.8. The van der Waals surface area contributed by atoms with E-state index in [0.717, 1.165) is 6.07 Å². The number of phenols is 1. The maximum absolute atomic E-state index is 13.9. The van der Waals surface area contributed by atoms with E-state index in [2.05, 4.69) is 0 Å². The summed E-state index contributed by atoms with van der Waals surface area (Å²) in [5.41, 5.74) is 0.901. The number of hydrogen-bond donors (Lipinski definition) is 1. The lowest BCUT2D eigenvalue weighted by Crippen LogP contribution is -2.05. The van der Waals surface area contributed by atoms with Crippen LogP contribution in [0.2, 0.25) is 0 Å². The SMILES string of the molecule is CCC(=O)Oc1ccc(-c2cccc(O)c2)c(F)c1. The summed E-state index contributed by atoms with van der Waals surface area (Å²) in [6.07, 6.45) is 0.232. The summed E-state index contributed by atoms with van der Waals surface area (Å²) >= 11 is 0. The molecule has 98 valence electrons. The molecule has 0 aromatic heterocycles. The molecule has 0 heterocycles. The number of ether oxygens (including phenoxy) is 1. The Morgan fingerprint density at radius 2 is 2.05 bits per heavy atom. The van der Waals surface area contributed by atoms with E-state index in [4.69, 9.17) is 4.74 Å². The molecule has 0 radical (unpaired) electrons. The van der Waals surface area contributed by atoms with E-state index in [1.165, 1.54) is 24.3 Å². The molecule has 0 aliphatic heterocycles. The molecule has 0 bridgehead atoms. The molecule has 0 atom stereocenters. The summed E-state index contributed by atoms with van der Waals surface area (Å²) in [4.78, 5) is 11.1. The first-order valence-corrected chi connectivity index (χ1v) is 5.90. The minimum absolute atomic E-state index is 0.0680. The van der Waals surface area contributed by atoms with Crippen LogP contribution in [0.3, 0.4) is 0 Å². The number of benzene rings is 2. The van der Waals surface area contributed by atoms with Crippen molar-refractivity contribution in [2.75, 3.05) is 0 Å². The van der Waals surface area contributed by atoms with Crippen molar-refractivity contribution in [1.29, 1.82) is 0 Å². The third kappa shape index (κ3) is 3.10. The van der Waals surface area contributed by atoms with Crippen molar-refractivity contribution in [3.05, 3.63) is 48.3 Å². The Morgan fingerprint density at radius 3 is 2.68 bits per heavy atom. The lowest BCUT2D eigenvalue weighted by Gasteiger charge is -2.07. The molecule has 0 aliphatic rings. The predicted octanol–water partition coefficient (Wildman–Crippen LogP) is 3.51. The predicted molar refractivity (Wildman–Crippen MR) is 69.4 cm³/mol. The second-order valence-electron chi connectivity index (χ2n) is 4.02. The van der Waals surface area contributed by atoms with E-state index in [-0.39, 0.29) is 17.9 Å². The van der Waals surface area contributed by atoms with E-state index < -0.39 is 11.8 Å². The van der Waals surface area contributed by atoms with Crippen LogP contribution < -0.4 is 4.74 Å². The second kappa shape index (κ2) is 5.52. The largest absolute Gasteiger partial charge is 0.508 e. The Labute approximate surface area is 110 Å². The quantitative estimate of drug-likeness (QED) is 0.678.